The van der Waals surface area contributed by atoms with Crippen molar-refractivity contribution in [3.8, 4) is 0 Å². The van der Waals surface area contributed by atoms with Gasteiger partial charge in [-0.2, -0.15) is 0 Å². The van der Waals surface area contributed by atoms with Crippen molar-refractivity contribution in [3.63, 3.8) is 0 Å². The maximum Gasteiger partial charge on any atom is 0.283 e. The molecule has 0 bridgehead atoms. The zero-order valence-corrected chi connectivity index (χ0v) is 8.77. The molecule has 0 aliphatic heterocycles. The fraction of sp³-hybridized carbons (Fsp3) is 0.364. The molecule has 0 atom stereocenters. The van der Waals surface area contributed by atoms with Crippen LogP contribution < -0.4 is 0 Å². The van der Waals surface area contributed by atoms with Crippen molar-refractivity contribution in [3.05, 3.63) is 35.9 Å². The van der Waals surface area contributed by atoms with E-state index in [1.165, 1.54) is 20.3 Å². The number of ether oxygens (including phenoxy) is 2. The molecule has 0 amide bonds. The Hall–Kier alpha value is -1.48. The first-order chi connectivity index (χ1) is 7.26. The van der Waals surface area contributed by atoms with E-state index in [0.29, 0.717) is 6.42 Å². The topological polar surface area (TPSA) is 47.9 Å². The summed E-state index contributed by atoms with van der Waals surface area (Å²) in [6.45, 7) is 0. The van der Waals surface area contributed by atoms with Crippen molar-refractivity contribution in [1.29, 1.82) is 0 Å². The minimum atomic E-state index is -1.26. The predicted molar refractivity (Wildman–Crippen MR) is 55.0 cm³/mol. The van der Waals surface area contributed by atoms with Gasteiger partial charge in [0.15, 0.2) is 0 Å². The maximum absolute atomic E-state index is 10.3. The molecule has 0 N–H and O–H groups in total. The van der Waals surface area contributed by atoms with Crippen LogP contribution in [0, 0.1) is 0 Å². The van der Waals surface area contributed by atoms with Gasteiger partial charge in [0.2, 0.25) is 6.08 Å². The van der Waals surface area contributed by atoms with Crippen LogP contribution in [-0.4, -0.2) is 26.2 Å². The Morgan fingerprint density at radius 2 is 1.87 bits per heavy atom. The van der Waals surface area contributed by atoms with E-state index in [0.717, 1.165) is 5.56 Å². The van der Waals surface area contributed by atoms with Crippen molar-refractivity contribution in [2.75, 3.05) is 14.2 Å². The van der Waals surface area contributed by atoms with Gasteiger partial charge in [-0.05, 0) is 5.56 Å². The molecular weight excluding hydrogens is 194 g/mol. The Morgan fingerprint density at radius 3 is 2.33 bits per heavy atom. The number of aliphatic imine (C=N–C) groups is 1. The van der Waals surface area contributed by atoms with Crippen molar-refractivity contribution < 1.29 is 14.3 Å². The van der Waals surface area contributed by atoms with E-state index < -0.39 is 5.91 Å². The molecule has 0 aliphatic carbocycles. The first-order valence-electron chi connectivity index (χ1n) is 4.49. The number of rotatable bonds is 5. The summed E-state index contributed by atoms with van der Waals surface area (Å²) in [6.07, 6.45) is 1.83. The zero-order chi connectivity index (χ0) is 11.1. The van der Waals surface area contributed by atoms with E-state index in [1.807, 2.05) is 30.3 Å². The average Bonchev–Trinajstić information content (AvgIpc) is 2.30. The summed E-state index contributed by atoms with van der Waals surface area (Å²) in [5, 5.41) is 0. The number of nitrogens with zero attached hydrogens (tertiary/aromatic N) is 1. The van der Waals surface area contributed by atoms with Crippen LogP contribution in [0.4, 0.5) is 0 Å². The lowest BCUT2D eigenvalue weighted by atomic mass is 10.1. The van der Waals surface area contributed by atoms with Gasteiger partial charge in [-0.1, -0.05) is 30.3 Å². The van der Waals surface area contributed by atoms with Crippen molar-refractivity contribution in [2.24, 2.45) is 4.99 Å². The van der Waals surface area contributed by atoms with Gasteiger partial charge in [0.05, 0.1) is 6.42 Å². The highest BCUT2D eigenvalue weighted by molar-refractivity contribution is 5.34. The lowest BCUT2D eigenvalue weighted by Crippen LogP contribution is -2.33. The Labute approximate surface area is 88.5 Å². The SMILES string of the molecule is COC(Cc1ccccc1)(N=C=O)OC. The molecule has 0 spiro atoms. The van der Waals surface area contributed by atoms with Gasteiger partial charge in [0, 0.05) is 14.2 Å². The number of benzene rings is 1. The van der Waals surface area contributed by atoms with Gasteiger partial charge in [0.25, 0.3) is 5.91 Å². The fourth-order valence-electron chi connectivity index (χ4n) is 1.28. The Bertz CT molecular complexity index is 340. The monoisotopic (exact) mass is 207 g/mol. The highest BCUT2D eigenvalue weighted by Crippen LogP contribution is 2.19. The first kappa shape index (κ1) is 11.6. The predicted octanol–water partition coefficient (Wildman–Crippen LogP) is 1.51. The van der Waals surface area contributed by atoms with Gasteiger partial charge in [-0.25, -0.2) is 4.79 Å². The molecule has 4 nitrogen and oxygen atoms in total. The number of methoxy groups -OCH3 is 2. The van der Waals surface area contributed by atoms with Crippen LogP contribution in [0.1, 0.15) is 5.56 Å². The van der Waals surface area contributed by atoms with E-state index in [-0.39, 0.29) is 0 Å². The van der Waals surface area contributed by atoms with Gasteiger partial charge >= 0.3 is 0 Å². The molecule has 0 saturated heterocycles. The first-order valence-corrected chi connectivity index (χ1v) is 4.49. The van der Waals surface area contributed by atoms with Crippen LogP contribution in [-0.2, 0) is 20.7 Å². The molecule has 0 saturated carbocycles. The standard InChI is InChI=1S/C11H13NO3/c1-14-11(15-2,12-9-13)8-10-6-4-3-5-7-10/h3-7H,8H2,1-2H3. The molecular formula is C11H13NO3. The highest BCUT2D eigenvalue weighted by Gasteiger charge is 2.29. The van der Waals surface area contributed by atoms with Crippen molar-refractivity contribution in [2.45, 2.75) is 12.3 Å². The summed E-state index contributed by atoms with van der Waals surface area (Å²) in [7, 11) is 2.88. The summed E-state index contributed by atoms with van der Waals surface area (Å²) in [6, 6.07) is 9.53. The summed E-state index contributed by atoms with van der Waals surface area (Å²) in [4.78, 5) is 13.8. The molecule has 4 heteroatoms. The summed E-state index contributed by atoms with van der Waals surface area (Å²) < 4.78 is 10.2. The molecule has 1 aromatic rings. The summed E-state index contributed by atoms with van der Waals surface area (Å²) in [5.41, 5.74) is 0.972. The number of isocyanates is 1. The lowest BCUT2D eigenvalue weighted by Gasteiger charge is -2.24. The van der Waals surface area contributed by atoms with Gasteiger partial charge in [-0.3, -0.25) is 0 Å². The van der Waals surface area contributed by atoms with Gasteiger partial charge in [0.1, 0.15) is 0 Å². The lowest BCUT2D eigenvalue weighted by molar-refractivity contribution is -0.198. The molecule has 1 aromatic carbocycles. The largest absolute Gasteiger partial charge is 0.334 e. The van der Waals surface area contributed by atoms with Gasteiger partial charge in [-0.15, -0.1) is 4.99 Å². The second kappa shape index (κ2) is 5.41. The third kappa shape index (κ3) is 2.99. The van der Waals surface area contributed by atoms with Crippen molar-refractivity contribution in [1.82, 2.24) is 0 Å². The number of hydrogen-bond donors (Lipinski definition) is 0. The maximum atomic E-state index is 10.3. The minimum Gasteiger partial charge on any atom is -0.334 e. The number of carbonyl (C=O) groups excluding carboxylic acids is 1. The Morgan fingerprint density at radius 1 is 1.27 bits per heavy atom. The highest BCUT2D eigenvalue weighted by atomic mass is 16.7. The van der Waals surface area contributed by atoms with Crippen LogP contribution >= 0.6 is 0 Å². The van der Waals surface area contributed by atoms with E-state index in [1.54, 1.807) is 0 Å². The molecule has 0 fully saturated rings. The smallest absolute Gasteiger partial charge is 0.283 e. The quantitative estimate of drug-likeness (QED) is 0.417. The fourth-order valence-corrected chi connectivity index (χ4v) is 1.28. The molecule has 0 unspecified atom stereocenters. The van der Waals surface area contributed by atoms with Crippen LogP contribution in [0.2, 0.25) is 0 Å². The second-order valence-electron chi connectivity index (χ2n) is 2.99. The van der Waals surface area contributed by atoms with Gasteiger partial charge < -0.3 is 9.47 Å². The van der Waals surface area contributed by atoms with Crippen molar-refractivity contribution >= 4 is 6.08 Å². The second-order valence-corrected chi connectivity index (χ2v) is 2.99. The van der Waals surface area contributed by atoms with E-state index in [9.17, 15) is 4.79 Å². The molecule has 15 heavy (non-hydrogen) atoms. The molecule has 80 valence electrons. The third-order valence-electron chi connectivity index (χ3n) is 2.12. The number of hydrogen-bond acceptors (Lipinski definition) is 4. The Kier molecular flexibility index (Phi) is 4.18. The van der Waals surface area contributed by atoms with E-state index in [2.05, 4.69) is 4.99 Å². The van der Waals surface area contributed by atoms with Crippen LogP contribution in [0.3, 0.4) is 0 Å². The third-order valence-corrected chi connectivity index (χ3v) is 2.12. The Balaban J connectivity index is 2.88. The molecule has 1 rings (SSSR count). The van der Waals surface area contributed by atoms with Crippen LogP contribution in [0.25, 0.3) is 0 Å². The summed E-state index contributed by atoms with van der Waals surface area (Å²) >= 11 is 0. The summed E-state index contributed by atoms with van der Waals surface area (Å²) in [5.74, 6) is -1.26. The minimum absolute atomic E-state index is 0.371. The van der Waals surface area contributed by atoms with Crippen LogP contribution in [0.5, 0.6) is 0 Å². The van der Waals surface area contributed by atoms with Crippen LogP contribution in [0.15, 0.2) is 35.3 Å². The molecule has 0 aromatic heterocycles. The molecule has 0 radical (unpaired) electrons. The molecule has 0 heterocycles. The average molecular weight is 207 g/mol. The zero-order valence-electron chi connectivity index (χ0n) is 8.77. The van der Waals surface area contributed by atoms with E-state index in [4.69, 9.17) is 9.47 Å². The molecule has 0 aliphatic rings. The van der Waals surface area contributed by atoms with E-state index >= 15 is 0 Å². The normalized spacial score (nSPS) is 10.8.